The van der Waals surface area contributed by atoms with Gasteiger partial charge in [-0.05, 0) is 25.1 Å². The standard InChI is InChI=1S/C12H14FN3O4/c1-6(10(17)16-12(19)15-2)20-11(18)7-3-8(13)5-9(14)4-7/h3-6H,14H2,1-2H3,(H2,15,16,17,19). The molecule has 1 aromatic rings. The van der Waals surface area contributed by atoms with Crippen LogP contribution in [0.15, 0.2) is 18.2 Å². The van der Waals surface area contributed by atoms with Gasteiger partial charge in [0, 0.05) is 12.7 Å². The van der Waals surface area contributed by atoms with Crippen LogP contribution in [0.3, 0.4) is 0 Å². The fourth-order valence-corrected chi connectivity index (χ4v) is 1.29. The van der Waals surface area contributed by atoms with Crippen LogP contribution in [0.5, 0.6) is 0 Å². The number of hydrogen-bond donors (Lipinski definition) is 3. The van der Waals surface area contributed by atoms with E-state index in [4.69, 9.17) is 10.5 Å². The van der Waals surface area contributed by atoms with Crippen LogP contribution in [0, 0.1) is 5.82 Å². The Labute approximate surface area is 114 Å². The highest BCUT2D eigenvalue weighted by Crippen LogP contribution is 2.12. The first-order chi connectivity index (χ1) is 9.33. The average Bonchev–Trinajstić information content (AvgIpc) is 2.37. The van der Waals surface area contributed by atoms with E-state index in [-0.39, 0.29) is 11.3 Å². The molecule has 8 heteroatoms. The Morgan fingerprint density at radius 3 is 2.50 bits per heavy atom. The number of nitrogen functional groups attached to an aromatic ring is 1. The van der Waals surface area contributed by atoms with Gasteiger partial charge in [-0.15, -0.1) is 0 Å². The number of hydrogen-bond acceptors (Lipinski definition) is 5. The topological polar surface area (TPSA) is 111 Å². The van der Waals surface area contributed by atoms with Gasteiger partial charge in [0.25, 0.3) is 5.91 Å². The molecule has 3 amide bonds. The van der Waals surface area contributed by atoms with Crippen molar-refractivity contribution in [3.8, 4) is 0 Å². The molecule has 0 saturated heterocycles. The van der Waals surface area contributed by atoms with Crippen LogP contribution in [0.25, 0.3) is 0 Å². The van der Waals surface area contributed by atoms with Crippen LogP contribution in [0.4, 0.5) is 14.9 Å². The zero-order valence-electron chi connectivity index (χ0n) is 10.9. The predicted octanol–water partition coefficient (Wildman–Crippen LogP) is 0.409. The van der Waals surface area contributed by atoms with Crippen LogP contribution in [0.2, 0.25) is 0 Å². The number of nitrogens with one attached hydrogen (secondary N) is 2. The molecule has 1 rings (SSSR count). The van der Waals surface area contributed by atoms with E-state index in [0.717, 1.165) is 12.1 Å². The molecule has 7 nitrogen and oxygen atoms in total. The summed E-state index contributed by atoms with van der Waals surface area (Å²) in [5, 5.41) is 4.12. The summed E-state index contributed by atoms with van der Waals surface area (Å²) in [6.45, 7) is 1.28. The SMILES string of the molecule is CNC(=O)NC(=O)C(C)OC(=O)c1cc(N)cc(F)c1. The van der Waals surface area contributed by atoms with Crippen LogP contribution < -0.4 is 16.4 Å². The summed E-state index contributed by atoms with van der Waals surface area (Å²) in [4.78, 5) is 34.1. The summed E-state index contributed by atoms with van der Waals surface area (Å²) in [6.07, 6.45) is -1.22. The normalized spacial score (nSPS) is 11.3. The maximum absolute atomic E-state index is 13.1. The molecule has 0 radical (unpaired) electrons. The predicted molar refractivity (Wildman–Crippen MR) is 68.3 cm³/mol. The van der Waals surface area contributed by atoms with Gasteiger partial charge in [-0.25, -0.2) is 14.0 Å². The lowest BCUT2D eigenvalue weighted by Gasteiger charge is -2.12. The summed E-state index contributed by atoms with van der Waals surface area (Å²) in [6, 6.07) is 2.46. The third-order valence-corrected chi connectivity index (χ3v) is 2.27. The van der Waals surface area contributed by atoms with E-state index in [2.05, 4.69) is 5.32 Å². The van der Waals surface area contributed by atoms with Crippen LogP contribution in [0.1, 0.15) is 17.3 Å². The molecule has 0 saturated carbocycles. The number of urea groups is 1. The quantitative estimate of drug-likeness (QED) is 0.549. The number of carbonyl (C=O) groups excluding carboxylic acids is 3. The highest BCUT2D eigenvalue weighted by Gasteiger charge is 2.20. The van der Waals surface area contributed by atoms with E-state index in [1.807, 2.05) is 5.32 Å². The number of anilines is 1. The monoisotopic (exact) mass is 283 g/mol. The molecule has 0 bridgehead atoms. The number of halogens is 1. The van der Waals surface area contributed by atoms with E-state index >= 15 is 0 Å². The molecule has 4 N–H and O–H groups in total. The van der Waals surface area contributed by atoms with Gasteiger partial charge in [0.15, 0.2) is 6.10 Å². The molecular weight excluding hydrogens is 269 g/mol. The molecule has 0 aromatic heterocycles. The Bertz CT molecular complexity index is 527. The molecule has 0 fully saturated rings. The van der Waals surface area contributed by atoms with Crippen molar-refractivity contribution >= 4 is 23.6 Å². The number of ether oxygens (including phenoxy) is 1. The third kappa shape index (κ3) is 4.23. The molecule has 1 atom stereocenters. The van der Waals surface area contributed by atoms with Gasteiger partial charge in [0.2, 0.25) is 0 Å². The van der Waals surface area contributed by atoms with E-state index in [9.17, 15) is 18.8 Å². The van der Waals surface area contributed by atoms with E-state index in [1.165, 1.54) is 20.0 Å². The highest BCUT2D eigenvalue weighted by molar-refractivity contribution is 5.98. The second-order valence-electron chi connectivity index (χ2n) is 3.89. The first-order valence-electron chi connectivity index (χ1n) is 5.63. The van der Waals surface area contributed by atoms with Gasteiger partial charge in [-0.1, -0.05) is 0 Å². The Kier molecular flexibility index (Phi) is 5.01. The largest absolute Gasteiger partial charge is 0.449 e. The van der Waals surface area contributed by atoms with Crippen LogP contribution in [-0.4, -0.2) is 31.1 Å². The number of rotatable bonds is 3. The first-order valence-corrected chi connectivity index (χ1v) is 5.63. The van der Waals surface area contributed by atoms with Crippen molar-refractivity contribution in [2.75, 3.05) is 12.8 Å². The zero-order chi connectivity index (χ0) is 15.3. The van der Waals surface area contributed by atoms with E-state index in [1.54, 1.807) is 0 Å². The maximum atomic E-state index is 13.1. The van der Waals surface area contributed by atoms with Crippen molar-refractivity contribution in [1.29, 1.82) is 0 Å². The van der Waals surface area contributed by atoms with Gasteiger partial charge >= 0.3 is 12.0 Å². The van der Waals surface area contributed by atoms with Crippen molar-refractivity contribution < 1.29 is 23.5 Å². The first kappa shape index (κ1) is 15.4. The second kappa shape index (κ2) is 6.50. The van der Waals surface area contributed by atoms with Gasteiger partial charge in [0.05, 0.1) is 5.56 Å². The maximum Gasteiger partial charge on any atom is 0.339 e. The summed E-state index contributed by atoms with van der Waals surface area (Å²) in [5.41, 5.74) is 5.32. The van der Waals surface area contributed by atoms with Crippen LogP contribution in [-0.2, 0) is 9.53 Å². The lowest BCUT2D eigenvalue weighted by Crippen LogP contribution is -2.43. The highest BCUT2D eigenvalue weighted by atomic mass is 19.1. The average molecular weight is 283 g/mol. The summed E-state index contributed by atoms with van der Waals surface area (Å²) in [5.74, 6) is -2.42. The number of nitrogens with two attached hydrogens (primary N) is 1. The summed E-state index contributed by atoms with van der Waals surface area (Å²) < 4.78 is 17.9. The minimum Gasteiger partial charge on any atom is -0.449 e. The molecule has 1 aromatic carbocycles. The molecule has 0 heterocycles. The fourth-order valence-electron chi connectivity index (χ4n) is 1.29. The number of carbonyl (C=O) groups is 3. The van der Waals surface area contributed by atoms with E-state index < -0.39 is 29.8 Å². The molecule has 0 aliphatic carbocycles. The molecule has 1 unspecified atom stereocenters. The van der Waals surface area contributed by atoms with Crippen molar-refractivity contribution in [3.05, 3.63) is 29.6 Å². The lowest BCUT2D eigenvalue weighted by atomic mass is 10.2. The number of imide groups is 1. The lowest BCUT2D eigenvalue weighted by molar-refractivity contribution is -0.127. The number of benzene rings is 1. The minimum atomic E-state index is -1.22. The Morgan fingerprint density at radius 2 is 1.95 bits per heavy atom. The Morgan fingerprint density at radius 1 is 1.30 bits per heavy atom. The fraction of sp³-hybridized carbons (Fsp3) is 0.250. The molecule has 108 valence electrons. The van der Waals surface area contributed by atoms with Crippen molar-refractivity contribution in [2.24, 2.45) is 0 Å². The number of esters is 1. The Balaban J connectivity index is 2.70. The third-order valence-electron chi connectivity index (χ3n) is 2.27. The molecule has 0 aliphatic rings. The van der Waals surface area contributed by atoms with Crippen molar-refractivity contribution in [1.82, 2.24) is 10.6 Å². The number of amides is 3. The van der Waals surface area contributed by atoms with Gasteiger partial charge in [0.1, 0.15) is 5.82 Å². The van der Waals surface area contributed by atoms with Gasteiger partial charge in [-0.3, -0.25) is 10.1 Å². The minimum absolute atomic E-state index is 0.0550. The molecular formula is C12H14FN3O4. The second-order valence-corrected chi connectivity index (χ2v) is 3.89. The summed E-state index contributed by atoms with van der Waals surface area (Å²) in [7, 11) is 1.33. The zero-order valence-corrected chi connectivity index (χ0v) is 10.9. The molecule has 0 spiro atoms. The van der Waals surface area contributed by atoms with E-state index in [0.29, 0.717) is 0 Å². The van der Waals surface area contributed by atoms with Crippen molar-refractivity contribution in [3.63, 3.8) is 0 Å². The molecule has 0 aliphatic heterocycles. The van der Waals surface area contributed by atoms with Gasteiger partial charge in [-0.2, -0.15) is 0 Å². The van der Waals surface area contributed by atoms with Crippen molar-refractivity contribution in [2.45, 2.75) is 13.0 Å². The summed E-state index contributed by atoms with van der Waals surface area (Å²) >= 11 is 0. The smallest absolute Gasteiger partial charge is 0.339 e. The Hall–Kier alpha value is -2.64. The van der Waals surface area contributed by atoms with Crippen LogP contribution >= 0.6 is 0 Å². The van der Waals surface area contributed by atoms with Gasteiger partial charge < -0.3 is 15.8 Å². The molecule has 20 heavy (non-hydrogen) atoms.